The lowest BCUT2D eigenvalue weighted by Gasteiger charge is -2.31. The highest BCUT2D eigenvalue weighted by Crippen LogP contribution is 2.45. The van der Waals surface area contributed by atoms with Crippen LogP contribution in [0.5, 0.6) is 0 Å². The molecule has 0 amide bonds. The second-order valence-corrected chi connectivity index (χ2v) is 7.21. The lowest BCUT2D eigenvalue weighted by molar-refractivity contribution is 0.632. The van der Waals surface area contributed by atoms with Crippen molar-refractivity contribution in [2.75, 3.05) is 6.54 Å². The second-order valence-electron chi connectivity index (χ2n) is 6.42. The molecule has 0 saturated heterocycles. The number of nitrogens with zero attached hydrogens (tertiary/aromatic N) is 5. The molecule has 2 aliphatic rings. The van der Waals surface area contributed by atoms with Crippen molar-refractivity contribution >= 4 is 33.7 Å². The van der Waals surface area contributed by atoms with Crippen LogP contribution in [0.15, 0.2) is 38.9 Å². The predicted molar refractivity (Wildman–Crippen MR) is 102 cm³/mol. The van der Waals surface area contributed by atoms with Gasteiger partial charge in [-0.05, 0) is 40.4 Å². The summed E-state index contributed by atoms with van der Waals surface area (Å²) >= 11 is 3.56. The Labute approximate surface area is 159 Å². The zero-order chi connectivity index (χ0) is 18.1. The van der Waals surface area contributed by atoms with E-state index in [0.29, 0.717) is 11.4 Å². The van der Waals surface area contributed by atoms with Crippen molar-refractivity contribution in [2.45, 2.75) is 18.8 Å². The Bertz CT molecular complexity index is 990. The lowest BCUT2D eigenvalue weighted by Crippen LogP contribution is -2.33. The highest BCUT2D eigenvalue weighted by molar-refractivity contribution is 9.10. The van der Waals surface area contributed by atoms with Crippen molar-refractivity contribution in [1.82, 2.24) is 10.2 Å². The first-order chi connectivity index (χ1) is 12.7. The maximum atomic E-state index is 10.0. The lowest BCUT2D eigenvalue weighted by atomic mass is 9.74. The van der Waals surface area contributed by atoms with Gasteiger partial charge in [-0.15, -0.1) is 0 Å². The number of halogens is 1. The van der Waals surface area contributed by atoms with E-state index in [2.05, 4.69) is 43.3 Å². The molecule has 0 spiro atoms. The molecule has 0 radical (unpaired) electrons. The number of hydrogen-bond donors (Lipinski definition) is 1. The van der Waals surface area contributed by atoms with Crippen LogP contribution in [0.3, 0.4) is 0 Å². The Morgan fingerprint density at radius 3 is 2.85 bits per heavy atom. The summed E-state index contributed by atoms with van der Waals surface area (Å²) in [6, 6.07) is 10.2. The van der Waals surface area contributed by atoms with Crippen LogP contribution in [0.2, 0.25) is 0 Å². The summed E-state index contributed by atoms with van der Waals surface area (Å²) in [6.07, 6.45) is 5.58. The number of fused-ring (bicyclic) bond motifs is 1. The van der Waals surface area contributed by atoms with Gasteiger partial charge in [0.1, 0.15) is 6.07 Å². The maximum absolute atomic E-state index is 10.0. The highest BCUT2D eigenvalue weighted by Gasteiger charge is 2.39. The summed E-state index contributed by atoms with van der Waals surface area (Å²) in [4.78, 5) is 9.13. The van der Waals surface area contributed by atoms with Crippen molar-refractivity contribution in [2.24, 2.45) is 21.8 Å². The molecule has 26 heavy (non-hydrogen) atoms. The van der Waals surface area contributed by atoms with Crippen molar-refractivity contribution in [3.05, 3.63) is 45.6 Å². The van der Waals surface area contributed by atoms with Crippen LogP contribution in [0.1, 0.15) is 35.4 Å². The van der Waals surface area contributed by atoms with E-state index in [9.17, 15) is 10.5 Å². The van der Waals surface area contributed by atoms with Gasteiger partial charge in [0, 0.05) is 40.3 Å². The molecule has 2 aliphatic heterocycles. The molecule has 0 fully saturated rings. The molecule has 4 rings (SSSR count). The number of benzene rings is 1. The third-order valence-electron chi connectivity index (χ3n) is 4.97. The van der Waals surface area contributed by atoms with Gasteiger partial charge in [0.05, 0.1) is 23.7 Å². The van der Waals surface area contributed by atoms with Gasteiger partial charge in [-0.2, -0.15) is 15.6 Å². The minimum absolute atomic E-state index is 0.0604. The molecule has 1 N–H and O–H groups in total. The average molecular weight is 407 g/mol. The molecule has 7 heteroatoms. The standard InChI is InChI=1S/C19H15BrN6/c20-17-11(7-21)3-1-5-13(17)16-14(8-22)18(12-4-2-6-23-9-12)25-19-15(16)10-24-26-19/h1,3,5,9-10,12,14,16H,2,4,6H2,(H,24,26). The topological polar surface area (TPSA) is 101 Å². The van der Waals surface area contributed by atoms with Gasteiger partial charge in [0.2, 0.25) is 0 Å². The average Bonchev–Trinajstić information content (AvgIpc) is 3.16. The van der Waals surface area contributed by atoms with Gasteiger partial charge in [-0.1, -0.05) is 12.1 Å². The Morgan fingerprint density at radius 2 is 2.12 bits per heavy atom. The first-order valence-corrected chi connectivity index (χ1v) is 9.23. The summed E-state index contributed by atoms with van der Waals surface area (Å²) in [5.41, 5.74) is 3.15. The number of rotatable bonds is 2. The minimum Gasteiger partial charge on any atom is -0.297 e. The Kier molecular flexibility index (Phi) is 4.40. The number of aromatic nitrogens is 2. The van der Waals surface area contributed by atoms with E-state index in [1.54, 1.807) is 12.3 Å². The highest BCUT2D eigenvalue weighted by atomic mass is 79.9. The van der Waals surface area contributed by atoms with E-state index < -0.39 is 5.92 Å². The molecule has 0 bridgehead atoms. The maximum Gasteiger partial charge on any atom is 0.151 e. The van der Waals surface area contributed by atoms with Crippen LogP contribution in [-0.2, 0) is 0 Å². The van der Waals surface area contributed by atoms with Crippen molar-refractivity contribution < 1.29 is 0 Å². The Balaban J connectivity index is 1.89. The number of hydrogen-bond acceptors (Lipinski definition) is 5. The quantitative estimate of drug-likeness (QED) is 0.817. The van der Waals surface area contributed by atoms with Crippen LogP contribution in [0.4, 0.5) is 5.82 Å². The van der Waals surface area contributed by atoms with Gasteiger partial charge in [-0.3, -0.25) is 10.1 Å². The first kappa shape index (κ1) is 16.7. The van der Waals surface area contributed by atoms with Crippen LogP contribution < -0.4 is 0 Å². The third kappa shape index (κ3) is 2.65. The van der Waals surface area contributed by atoms with Gasteiger partial charge in [0.25, 0.3) is 0 Å². The number of aliphatic imine (C=N–C) groups is 2. The van der Waals surface area contributed by atoms with E-state index >= 15 is 0 Å². The zero-order valence-electron chi connectivity index (χ0n) is 13.9. The molecular weight excluding hydrogens is 392 g/mol. The normalized spacial score (nSPS) is 24.3. The molecule has 1 aromatic heterocycles. The van der Waals surface area contributed by atoms with E-state index in [0.717, 1.165) is 40.7 Å². The minimum atomic E-state index is -0.431. The largest absolute Gasteiger partial charge is 0.297 e. The summed E-state index contributed by atoms with van der Waals surface area (Å²) in [5.74, 6) is 0.0779. The zero-order valence-corrected chi connectivity index (χ0v) is 15.4. The second kappa shape index (κ2) is 6.86. The van der Waals surface area contributed by atoms with Crippen LogP contribution in [0, 0.1) is 34.5 Å². The molecule has 0 aliphatic carbocycles. The first-order valence-electron chi connectivity index (χ1n) is 8.44. The van der Waals surface area contributed by atoms with Gasteiger partial charge in [0.15, 0.2) is 5.82 Å². The third-order valence-corrected chi connectivity index (χ3v) is 5.85. The number of nitrogens with one attached hydrogen (secondary N) is 1. The Morgan fingerprint density at radius 1 is 1.23 bits per heavy atom. The fraction of sp³-hybridized carbons (Fsp3) is 0.316. The van der Waals surface area contributed by atoms with Gasteiger partial charge >= 0.3 is 0 Å². The molecule has 6 nitrogen and oxygen atoms in total. The number of nitriles is 2. The van der Waals surface area contributed by atoms with Crippen molar-refractivity contribution in [1.29, 1.82) is 10.5 Å². The number of aromatic amines is 1. The van der Waals surface area contributed by atoms with Crippen molar-refractivity contribution in [3.63, 3.8) is 0 Å². The van der Waals surface area contributed by atoms with Crippen LogP contribution in [-0.4, -0.2) is 28.7 Å². The van der Waals surface area contributed by atoms with E-state index in [1.807, 2.05) is 18.3 Å². The summed E-state index contributed by atoms with van der Waals surface area (Å²) in [5, 5.41) is 26.5. The molecule has 0 saturated carbocycles. The van der Waals surface area contributed by atoms with E-state index in [4.69, 9.17) is 4.99 Å². The SMILES string of the molecule is N#Cc1cccc(C2c3cn[nH]c3N=C(C3C=NCCC3)C2C#N)c1Br. The number of H-pyrrole nitrogens is 1. The predicted octanol–water partition coefficient (Wildman–Crippen LogP) is 3.88. The fourth-order valence-corrected chi connectivity index (χ4v) is 4.34. The van der Waals surface area contributed by atoms with E-state index in [-0.39, 0.29) is 11.8 Å². The Hall–Kier alpha value is -2.77. The van der Waals surface area contributed by atoms with Crippen molar-refractivity contribution in [3.8, 4) is 12.1 Å². The molecular formula is C19H15BrN6. The molecule has 3 atom stereocenters. The van der Waals surface area contributed by atoms with Gasteiger partial charge < -0.3 is 0 Å². The molecule has 128 valence electrons. The summed E-state index contributed by atoms with van der Waals surface area (Å²) in [6.45, 7) is 0.829. The summed E-state index contributed by atoms with van der Waals surface area (Å²) in [7, 11) is 0. The molecule has 2 aromatic rings. The summed E-state index contributed by atoms with van der Waals surface area (Å²) < 4.78 is 0.721. The fourth-order valence-electron chi connectivity index (χ4n) is 3.74. The van der Waals surface area contributed by atoms with Crippen LogP contribution in [0.25, 0.3) is 0 Å². The van der Waals surface area contributed by atoms with Gasteiger partial charge in [-0.25, -0.2) is 4.99 Å². The molecule has 3 heterocycles. The smallest absolute Gasteiger partial charge is 0.151 e. The van der Waals surface area contributed by atoms with Crippen LogP contribution >= 0.6 is 15.9 Å². The molecule has 1 aromatic carbocycles. The monoisotopic (exact) mass is 406 g/mol. The molecule has 3 unspecified atom stereocenters. The van der Waals surface area contributed by atoms with E-state index in [1.165, 1.54) is 0 Å².